The van der Waals surface area contributed by atoms with Gasteiger partial charge in [-0.2, -0.15) is 5.10 Å². The molecule has 10 heavy (non-hydrogen) atoms. The van der Waals surface area contributed by atoms with Crippen molar-refractivity contribution in [1.82, 2.24) is 15.2 Å². The number of carboxylic acids is 1. The summed E-state index contributed by atoms with van der Waals surface area (Å²) in [6.45, 7) is 0. The Balaban J connectivity index is 2.76. The molecule has 0 radical (unpaired) electrons. The fourth-order valence-corrected chi connectivity index (χ4v) is 0.696. The Morgan fingerprint density at radius 1 is 1.80 bits per heavy atom. The molecule has 0 bridgehead atoms. The first-order chi connectivity index (χ1) is 4.68. The van der Waals surface area contributed by atoms with Crippen molar-refractivity contribution in [1.29, 1.82) is 0 Å². The maximum atomic E-state index is 10.1. The molecule has 3 N–H and O–H groups in total. The number of aromatic amines is 2. The molecule has 1 heterocycles. The van der Waals surface area contributed by atoms with Gasteiger partial charge in [0, 0.05) is 0 Å². The molecule has 0 atom stereocenters. The topological polar surface area (TPSA) is 81.8 Å². The van der Waals surface area contributed by atoms with Crippen molar-refractivity contribution >= 4 is 18.2 Å². The lowest BCUT2D eigenvalue weighted by Gasteiger charge is -1.84. The number of carboxylic acid groups (broad SMARTS) is 1. The van der Waals surface area contributed by atoms with Crippen LogP contribution in [0.3, 0.4) is 0 Å². The van der Waals surface area contributed by atoms with Crippen LogP contribution < -0.4 is 0 Å². The third kappa shape index (κ3) is 1.66. The number of rotatable bonds is 2. The quantitative estimate of drug-likeness (QED) is 0.534. The second-order valence-electron chi connectivity index (χ2n) is 1.69. The van der Waals surface area contributed by atoms with Crippen LogP contribution in [0.1, 0.15) is 5.82 Å². The van der Waals surface area contributed by atoms with Gasteiger partial charge >= 0.3 is 5.97 Å². The number of hydrogen-bond acceptors (Lipinski definition) is 3. The number of nitrogens with one attached hydrogen (secondary N) is 2. The summed E-state index contributed by atoms with van der Waals surface area (Å²) in [5.74, 6) is -0.588. The van der Waals surface area contributed by atoms with E-state index < -0.39 is 5.97 Å². The van der Waals surface area contributed by atoms with Gasteiger partial charge in [0.15, 0.2) is 4.77 Å². The zero-order valence-electron chi connectivity index (χ0n) is 4.92. The van der Waals surface area contributed by atoms with E-state index in [0.717, 1.165) is 0 Å². The van der Waals surface area contributed by atoms with E-state index in [2.05, 4.69) is 27.4 Å². The van der Waals surface area contributed by atoms with Crippen LogP contribution in [0.5, 0.6) is 0 Å². The Labute approximate surface area is 61.1 Å². The highest BCUT2D eigenvalue weighted by atomic mass is 32.1. The predicted octanol–water partition coefficient (Wildman–Crippen LogP) is 0.0944. The molecule has 0 amide bonds. The number of hydrogen-bond donors (Lipinski definition) is 3. The lowest BCUT2D eigenvalue weighted by molar-refractivity contribution is -0.136. The van der Waals surface area contributed by atoms with E-state index in [1.807, 2.05) is 0 Å². The molecule has 0 fully saturated rings. The molecule has 1 rings (SSSR count). The van der Waals surface area contributed by atoms with Crippen LogP contribution in [0.2, 0.25) is 0 Å². The van der Waals surface area contributed by atoms with Crippen molar-refractivity contribution in [2.45, 2.75) is 6.42 Å². The number of aliphatic carboxylic acids is 1. The van der Waals surface area contributed by atoms with E-state index in [4.69, 9.17) is 5.11 Å². The molecule has 0 aliphatic carbocycles. The summed E-state index contributed by atoms with van der Waals surface area (Å²) in [7, 11) is 0. The Bertz CT molecular complexity index is 289. The summed E-state index contributed by atoms with van der Waals surface area (Å²) in [5.41, 5.74) is 0. The standard InChI is InChI=1S/C4H5N3O2S/c8-3(9)1-2-5-4(10)7-6-2/h1H2,(H,8,9)(H2,5,6,7,10). The summed E-state index contributed by atoms with van der Waals surface area (Å²) >= 11 is 4.62. The fraction of sp³-hybridized carbons (Fsp3) is 0.250. The number of carbonyl (C=O) groups is 1. The van der Waals surface area contributed by atoms with E-state index in [-0.39, 0.29) is 6.42 Å². The average molecular weight is 159 g/mol. The van der Waals surface area contributed by atoms with E-state index in [0.29, 0.717) is 10.6 Å². The molecular weight excluding hydrogens is 154 g/mol. The monoisotopic (exact) mass is 159 g/mol. The molecule has 1 aromatic heterocycles. The molecule has 0 aliphatic heterocycles. The summed E-state index contributed by atoms with van der Waals surface area (Å²) in [6.07, 6.45) is -0.132. The normalized spacial score (nSPS) is 9.60. The van der Waals surface area contributed by atoms with Crippen molar-refractivity contribution < 1.29 is 9.90 Å². The second-order valence-corrected chi connectivity index (χ2v) is 2.10. The van der Waals surface area contributed by atoms with Gasteiger partial charge in [-0.15, -0.1) is 0 Å². The first kappa shape index (κ1) is 6.94. The minimum atomic E-state index is -0.933. The lowest BCUT2D eigenvalue weighted by Crippen LogP contribution is -2.01. The van der Waals surface area contributed by atoms with Gasteiger partial charge in [-0.3, -0.25) is 9.89 Å². The molecule has 5 nitrogen and oxygen atoms in total. The molecule has 0 aromatic carbocycles. The zero-order valence-corrected chi connectivity index (χ0v) is 5.73. The Morgan fingerprint density at radius 3 is 2.90 bits per heavy atom. The van der Waals surface area contributed by atoms with Gasteiger partial charge in [0.25, 0.3) is 0 Å². The SMILES string of the molecule is O=C(O)Cc1n[nH]c(=S)[nH]1. The van der Waals surface area contributed by atoms with Crippen LogP contribution in [0.4, 0.5) is 0 Å². The predicted molar refractivity (Wildman–Crippen MR) is 35.1 cm³/mol. The molecule has 54 valence electrons. The van der Waals surface area contributed by atoms with E-state index in [1.54, 1.807) is 0 Å². The summed E-state index contributed by atoms with van der Waals surface area (Å²) in [6, 6.07) is 0. The Hall–Kier alpha value is -1.17. The third-order valence-corrected chi connectivity index (χ3v) is 1.06. The number of H-pyrrole nitrogens is 2. The minimum absolute atomic E-state index is 0.132. The lowest BCUT2D eigenvalue weighted by atomic mass is 10.4. The van der Waals surface area contributed by atoms with Gasteiger partial charge in [0.1, 0.15) is 12.2 Å². The van der Waals surface area contributed by atoms with E-state index in [9.17, 15) is 4.79 Å². The molecule has 0 unspecified atom stereocenters. The molecule has 0 saturated heterocycles. The summed E-state index contributed by atoms with van der Waals surface area (Å²) in [5, 5.41) is 14.3. The molecular formula is C4H5N3O2S. The van der Waals surface area contributed by atoms with E-state index in [1.165, 1.54) is 0 Å². The molecule has 6 heteroatoms. The zero-order chi connectivity index (χ0) is 7.56. The van der Waals surface area contributed by atoms with Crippen molar-refractivity contribution in [3.05, 3.63) is 10.6 Å². The molecule has 1 aromatic rings. The van der Waals surface area contributed by atoms with Gasteiger partial charge < -0.3 is 10.1 Å². The second kappa shape index (κ2) is 2.61. The van der Waals surface area contributed by atoms with Crippen LogP contribution >= 0.6 is 12.2 Å². The van der Waals surface area contributed by atoms with Gasteiger partial charge in [-0.05, 0) is 12.2 Å². The largest absolute Gasteiger partial charge is 0.481 e. The Kier molecular flexibility index (Phi) is 1.81. The summed E-state index contributed by atoms with van der Waals surface area (Å²) in [4.78, 5) is 12.6. The van der Waals surface area contributed by atoms with Crippen LogP contribution in [-0.4, -0.2) is 26.3 Å². The summed E-state index contributed by atoms with van der Waals surface area (Å²) < 4.78 is 0.344. The molecule has 0 aliphatic rings. The maximum absolute atomic E-state index is 10.1. The Morgan fingerprint density at radius 2 is 2.50 bits per heavy atom. The van der Waals surface area contributed by atoms with Crippen molar-refractivity contribution in [3.8, 4) is 0 Å². The van der Waals surface area contributed by atoms with Gasteiger partial charge in [-0.25, -0.2) is 0 Å². The van der Waals surface area contributed by atoms with Gasteiger partial charge in [-0.1, -0.05) is 0 Å². The van der Waals surface area contributed by atoms with Crippen LogP contribution in [0.25, 0.3) is 0 Å². The number of nitrogens with zero attached hydrogens (tertiary/aromatic N) is 1. The highest BCUT2D eigenvalue weighted by molar-refractivity contribution is 7.71. The highest BCUT2D eigenvalue weighted by Gasteiger charge is 2.01. The first-order valence-electron chi connectivity index (χ1n) is 2.54. The van der Waals surface area contributed by atoms with Crippen LogP contribution in [-0.2, 0) is 11.2 Å². The van der Waals surface area contributed by atoms with Crippen LogP contribution in [0, 0.1) is 4.77 Å². The molecule has 0 saturated carbocycles. The smallest absolute Gasteiger partial charge is 0.311 e. The average Bonchev–Trinajstić information content (AvgIpc) is 2.13. The van der Waals surface area contributed by atoms with Crippen LogP contribution in [0.15, 0.2) is 0 Å². The van der Waals surface area contributed by atoms with Crippen molar-refractivity contribution in [2.24, 2.45) is 0 Å². The fourth-order valence-electron chi connectivity index (χ4n) is 0.532. The first-order valence-corrected chi connectivity index (χ1v) is 2.94. The third-order valence-electron chi connectivity index (χ3n) is 0.869. The minimum Gasteiger partial charge on any atom is -0.481 e. The maximum Gasteiger partial charge on any atom is 0.311 e. The highest BCUT2D eigenvalue weighted by Crippen LogP contribution is 1.88. The number of aromatic nitrogens is 3. The van der Waals surface area contributed by atoms with Crippen molar-refractivity contribution in [3.63, 3.8) is 0 Å². The molecule has 0 spiro atoms. The van der Waals surface area contributed by atoms with Crippen molar-refractivity contribution in [2.75, 3.05) is 0 Å². The van der Waals surface area contributed by atoms with Gasteiger partial charge in [0.2, 0.25) is 0 Å². The van der Waals surface area contributed by atoms with E-state index >= 15 is 0 Å². The van der Waals surface area contributed by atoms with Gasteiger partial charge in [0.05, 0.1) is 0 Å².